The predicted octanol–water partition coefficient (Wildman–Crippen LogP) is 3.64. The zero-order valence-electron chi connectivity index (χ0n) is 16.1. The van der Waals surface area contributed by atoms with Crippen LogP contribution in [0.4, 0.5) is 5.69 Å². The molecule has 2 rings (SSSR count). The molecule has 0 aliphatic carbocycles. The fourth-order valence-corrected chi connectivity index (χ4v) is 2.63. The molecule has 2 aromatic carbocycles. The maximum Gasteiger partial charge on any atom is 0.338 e. The van der Waals surface area contributed by atoms with Gasteiger partial charge in [0, 0.05) is 17.9 Å². The average molecular weight is 371 g/mol. The van der Waals surface area contributed by atoms with Crippen molar-refractivity contribution in [3.05, 3.63) is 58.7 Å². The maximum absolute atomic E-state index is 12.3. The molecule has 2 aromatic rings. The van der Waals surface area contributed by atoms with E-state index in [-0.39, 0.29) is 12.5 Å². The summed E-state index contributed by atoms with van der Waals surface area (Å²) in [6.45, 7) is 6.22. The van der Waals surface area contributed by atoms with Gasteiger partial charge >= 0.3 is 5.97 Å². The van der Waals surface area contributed by atoms with Gasteiger partial charge in [-0.1, -0.05) is 18.2 Å². The Kier molecular flexibility index (Phi) is 7.37. The number of carbonyl (C=O) groups excluding carboxylic acids is 2. The molecule has 0 aliphatic rings. The minimum absolute atomic E-state index is 0.327. The standard InChI is InChI=1S/C21H25NO5/c1-5-26-12-17-11-16(9-10-18(17)25-4)21(24)27-13-19(23)22-20-14(2)7-6-8-15(20)3/h6-11H,5,12-13H2,1-4H3,(H,22,23). The van der Waals surface area contributed by atoms with E-state index in [0.717, 1.165) is 22.4 Å². The number of nitrogens with one attached hydrogen (secondary N) is 1. The van der Waals surface area contributed by atoms with Gasteiger partial charge in [0.1, 0.15) is 5.75 Å². The van der Waals surface area contributed by atoms with Gasteiger partial charge in [-0.05, 0) is 50.1 Å². The van der Waals surface area contributed by atoms with Gasteiger partial charge in [-0.25, -0.2) is 4.79 Å². The monoisotopic (exact) mass is 371 g/mol. The molecule has 0 spiro atoms. The first-order valence-corrected chi connectivity index (χ1v) is 8.74. The second-order valence-electron chi connectivity index (χ2n) is 6.05. The Hall–Kier alpha value is -2.86. The molecule has 0 fully saturated rings. The molecule has 0 bridgehead atoms. The third-order valence-corrected chi connectivity index (χ3v) is 4.06. The highest BCUT2D eigenvalue weighted by molar-refractivity contribution is 5.96. The van der Waals surface area contributed by atoms with Gasteiger partial charge in [-0.15, -0.1) is 0 Å². The molecular formula is C21H25NO5. The lowest BCUT2D eigenvalue weighted by Gasteiger charge is -2.12. The lowest BCUT2D eigenvalue weighted by atomic mass is 10.1. The van der Waals surface area contributed by atoms with Crippen LogP contribution in [-0.2, 0) is 20.9 Å². The molecule has 6 heteroatoms. The van der Waals surface area contributed by atoms with Crippen LogP contribution in [0.25, 0.3) is 0 Å². The number of methoxy groups -OCH3 is 1. The van der Waals surface area contributed by atoms with E-state index in [0.29, 0.717) is 24.5 Å². The minimum Gasteiger partial charge on any atom is -0.496 e. The summed E-state index contributed by atoms with van der Waals surface area (Å²) in [7, 11) is 1.56. The van der Waals surface area contributed by atoms with Crippen LogP contribution >= 0.6 is 0 Å². The smallest absolute Gasteiger partial charge is 0.338 e. The summed E-state index contributed by atoms with van der Waals surface area (Å²) in [5, 5.41) is 2.79. The van der Waals surface area contributed by atoms with E-state index in [4.69, 9.17) is 14.2 Å². The lowest BCUT2D eigenvalue weighted by Crippen LogP contribution is -2.22. The van der Waals surface area contributed by atoms with Crippen molar-refractivity contribution in [2.45, 2.75) is 27.4 Å². The number of hydrogen-bond acceptors (Lipinski definition) is 5. The number of anilines is 1. The molecule has 0 atom stereocenters. The molecule has 0 heterocycles. The summed E-state index contributed by atoms with van der Waals surface area (Å²) in [6, 6.07) is 10.7. The highest BCUT2D eigenvalue weighted by Crippen LogP contribution is 2.22. The number of aryl methyl sites for hydroxylation is 2. The minimum atomic E-state index is -0.577. The zero-order chi connectivity index (χ0) is 19.8. The Labute approximate surface area is 159 Å². The Balaban J connectivity index is 1.99. The summed E-state index contributed by atoms with van der Waals surface area (Å²) in [6.07, 6.45) is 0. The number of rotatable bonds is 8. The fraction of sp³-hybridized carbons (Fsp3) is 0.333. The number of ether oxygens (including phenoxy) is 3. The van der Waals surface area contributed by atoms with Crippen molar-refractivity contribution < 1.29 is 23.8 Å². The third kappa shape index (κ3) is 5.56. The van der Waals surface area contributed by atoms with Gasteiger partial charge < -0.3 is 19.5 Å². The molecule has 1 amide bonds. The van der Waals surface area contributed by atoms with E-state index in [1.54, 1.807) is 25.3 Å². The van der Waals surface area contributed by atoms with Gasteiger partial charge in [0.2, 0.25) is 0 Å². The van der Waals surface area contributed by atoms with E-state index in [9.17, 15) is 9.59 Å². The Bertz CT molecular complexity index is 796. The van der Waals surface area contributed by atoms with Crippen molar-refractivity contribution in [1.82, 2.24) is 0 Å². The molecule has 0 radical (unpaired) electrons. The number of benzene rings is 2. The molecule has 0 saturated heterocycles. The van der Waals surface area contributed by atoms with Crippen LogP contribution in [0, 0.1) is 13.8 Å². The topological polar surface area (TPSA) is 73.9 Å². The van der Waals surface area contributed by atoms with Gasteiger partial charge in [0.25, 0.3) is 5.91 Å². The van der Waals surface area contributed by atoms with Crippen molar-refractivity contribution in [3.63, 3.8) is 0 Å². The largest absolute Gasteiger partial charge is 0.496 e. The van der Waals surface area contributed by atoms with Crippen molar-refractivity contribution in [2.24, 2.45) is 0 Å². The molecule has 1 N–H and O–H groups in total. The van der Waals surface area contributed by atoms with Crippen LogP contribution in [-0.4, -0.2) is 32.2 Å². The molecule has 27 heavy (non-hydrogen) atoms. The van der Waals surface area contributed by atoms with Crippen LogP contribution < -0.4 is 10.1 Å². The normalized spacial score (nSPS) is 10.4. The van der Waals surface area contributed by atoms with Crippen LogP contribution in [0.5, 0.6) is 5.75 Å². The van der Waals surface area contributed by atoms with E-state index >= 15 is 0 Å². The summed E-state index contributed by atoms with van der Waals surface area (Å²) < 4.78 is 15.8. The van der Waals surface area contributed by atoms with Crippen LogP contribution in [0.15, 0.2) is 36.4 Å². The number of carbonyl (C=O) groups is 2. The first kappa shape index (κ1) is 20.5. The maximum atomic E-state index is 12.3. The fourth-order valence-electron chi connectivity index (χ4n) is 2.63. The number of esters is 1. The molecule has 0 aliphatic heterocycles. The Morgan fingerprint density at radius 3 is 2.41 bits per heavy atom. The second kappa shape index (κ2) is 9.73. The summed E-state index contributed by atoms with van der Waals surface area (Å²) in [5.74, 6) is -0.330. The highest BCUT2D eigenvalue weighted by Gasteiger charge is 2.14. The SMILES string of the molecule is CCOCc1cc(C(=O)OCC(=O)Nc2c(C)cccc2C)ccc1OC. The van der Waals surface area contributed by atoms with Gasteiger partial charge in [-0.3, -0.25) is 4.79 Å². The summed E-state index contributed by atoms with van der Waals surface area (Å²) in [4.78, 5) is 24.4. The molecule has 0 unspecified atom stereocenters. The number of para-hydroxylation sites is 1. The predicted molar refractivity (Wildman–Crippen MR) is 103 cm³/mol. The number of hydrogen-bond donors (Lipinski definition) is 1. The van der Waals surface area contributed by atoms with Crippen molar-refractivity contribution in [2.75, 3.05) is 25.6 Å². The summed E-state index contributed by atoms with van der Waals surface area (Å²) >= 11 is 0. The van der Waals surface area contributed by atoms with E-state index in [1.165, 1.54) is 0 Å². The molecular weight excluding hydrogens is 346 g/mol. The molecule has 6 nitrogen and oxygen atoms in total. The summed E-state index contributed by atoms with van der Waals surface area (Å²) in [5.41, 5.74) is 3.72. The Morgan fingerprint density at radius 1 is 1.07 bits per heavy atom. The van der Waals surface area contributed by atoms with Crippen molar-refractivity contribution in [1.29, 1.82) is 0 Å². The number of amides is 1. The van der Waals surface area contributed by atoms with Crippen molar-refractivity contribution in [3.8, 4) is 5.75 Å². The molecule has 144 valence electrons. The van der Waals surface area contributed by atoms with Gasteiger partial charge in [0.15, 0.2) is 6.61 Å². The lowest BCUT2D eigenvalue weighted by molar-refractivity contribution is -0.119. The van der Waals surface area contributed by atoms with Gasteiger partial charge in [-0.2, -0.15) is 0 Å². The molecule has 0 aromatic heterocycles. The highest BCUT2D eigenvalue weighted by atomic mass is 16.5. The van der Waals surface area contributed by atoms with E-state index in [2.05, 4.69) is 5.32 Å². The average Bonchev–Trinajstić information content (AvgIpc) is 2.67. The van der Waals surface area contributed by atoms with Crippen LogP contribution in [0.3, 0.4) is 0 Å². The third-order valence-electron chi connectivity index (χ3n) is 4.06. The quantitative estimate of drug-likeness (QED) is 0.717. The van der Waals surface area contributed by atoms with Crippen LogP contribution in [0.1, 0.15) is 34.0 Å². The van der Waals surface area contributed by atoms with Crippen molar-refractivity contribution >= 4 is 17.6 Å². The van der Waals surface area contributed by atoms with E-state index in [1.807, 2.05) is 39.0 Å². The second-order valence-corrected chi connectivity index (χ2v) is 6.05. The van der Waals surface area contributed by atoms with Crippen LogP contribution in [0.2, 0.25) is 0 Å². The molecule has 0 saturated carbocycles. The van der Waals surface area contributed by atoms with E-state index < -0.39 is 5.97 Å². The first-order chi connectivity index (χ1) is 13.0. The first-order valence-electron chi connectivity index (χ1n) is 8.74. The van der Waals surface area contributed by atoms with Gasteiger partial charge in [0.05, 0.1) is 19.3 Å². The Morgan fingerprint density at radius 2 is 1.78 bits per heavy atom. The zero-order valence-corrected chi connectivity index (χ0v) is 16.1.